The van der Waals surface area contributed by atoms with Gasteiger partial charge in [0.15, 0.2) is 11.5 Å². The summed E-state index contributed by atoms with van der Waals surface area (Å²) in [4.78, 5) is 29.4. The minimum absolute atomic E-state index is 0.132. The molecule has 162 valence electrons. The monoisotopic (exact) mass is 454 g/mol. The summed E-state index contributed by atoms with van der Waals surface area (Å²) in [6.45, 7) is 0.506. The van der Waals surface area contributed by atoms with E-state index in [1.807, 2.05) is 42.6 Å². The van der Waals surface area contributed by atoms with Crippen LogP contribution in [0.2, 0.25) is 0 Å². The fourth-order valence-corrected chi connectivity index (χ4v) is 4.93. The Bertz CT molecular complexity index is 1410. The van der Waals surface area contributed by atoms with Gasteiger partial charge in [-0.1, -0.05) is 42.1 Å². The lowest BCUT2D eigenvalue weighted by atomic mass is 9.96. The van der Waals surface area contributed by atoms with E-state index in [0.717, 1.165) is 61.9 Å². The van der Waals surface area contributed by atoms with Crippen LogP contribution in [0.25, 0.3) is 33.0 Å². The van der Waals surface area contributed by atoms with Crippen LogP contribution in [0.1, 0.15) is 5.56 Å². The molecule has 2 amide bonds. The number of benzene rings is 3. The van der Waals surface area contributed by atoms with Gasteiger partial charge in [0, 0.05) is 23.5 Å². The number of carbonyl (C=O) groups excluding carboxylic acids is 2. The number of nitrogens with zero attached hydrogens (tertiary/aromatic N) is 2. The van der Waals surface area contributed by atoms with Gasteiger partial charge in [-0.2, -0.15) is 0 Å². The van der Waals surface area contributed by atoms with E-state index in [1.165, 1.54) is 4.90 Å². The molecule has 3 aromatic carbocycles. The fourth-order valence-electron chi connectivity index (χ4n) is 4.20. The molecule has 0 saturated carbocycles. The zero-order valence-corrected chi connectivity index (χ0v) is 18.3. The van der Waals surface area contributed by atoms with Crippen molar-refractivity contribution in [3.63, 3.8) is 0 Å². The second-order valence-corrected chi connectivity index (χ2v) is 8.86. The molecule has 4 aromatic rings. The van der Waals surface area contributed by atoms with Gasteiger partial charge in [0.05, 0.1) is 12.3 Å². The van der Waals surface area contributed by atoms with Crippen molar-refractivity contribution in [3.05, 3.63) is 78.6 Å². The van der Waals surface area contributed by atoms with Gasteiger partial charge >= 0.3 is 0 Å². The largest absolute Gasteiger partial charge is 0.454 e. The Morgan fingerprint density at radius 1 is 0.909 bits per heavy atom. The lowest BCUT2D eigenvalue weighted by Gasteiger charge is -2.14. The standard InChI is InChI=1S/C26H18N2O4S/c29-24-14-33-26(30)28(24)13-16-3-4-18-9-19(6-5-17(18)8-16)21-10-22(20-2-1-7-27-12-20)25-23(11-21)31-15-32-25/h1-12H,13-15H2. The Balaban J connectivity index is 1.36. The van der Waals surface area contributed by atoms with Crippen LogP contribution < -0.4 is 9.47 Å². The maximum absolute atomic E-state index is 11.9. The summed E-state index contributed by atoms with van der Waals surface area (Å²) in [7, 11) is 0. The van der Waals surface area contributed by atoms with Crippen LogP contribution in [-0.4, -0.2) is 33.6 Å². The summed E-state index contributed by atoms with van der Waals surface area (Å²) in [5, 5.41) is 1.95. The Morgan fingerprint density at radius 2 is 1.79 bits per heavy atom. The molecule has 0 spiro atoms. The van der Waals surface area contributed by atoms with Crippen LogP contribution in [0.3, 0.4) is 0 Å². The SMILES string of the molecule is O=C1CSC(=O)N1Cc1ccc2cc(-c3cc4c(c(-c5cccnc5)c3)OCO4)ccc2c1. The van der Waals surface area contributed by atoms with Crippen molar-refractivity contribution in [2.24, 2.45) is 0 Å². The molecule has 1 saturated heterocycles. The minimum Gasteiger partial charge on any atom is -0.454 e. The van der Waals surface area contributed by atoms with Crippen molar-refractivity contribution in [2.45, 2.75) is 6.54 Å². The highest BCUT2D eigenvalue weighted by atomic mass is 32.2. The number of aromatic nitrogens is 1. The molecule has 7 heteroatoms. The molecular formula is C26H18N2O4S. The Labute approximate surface area is 194 Å². The number of hydrogen-bond acceptors (Lipinski definition) is 6. The van der Waals surface area contributed by atoms with Crippen LogP contribution in [0.15, 0.2) is 73.1 Å². The highest BCUT2D eigenvalue weighted by Gasteiger charge is 2.29. The molecule has 2 aliphatic rings. The second kappa shape index (κ2) is 7.94. The third-order valence-corrected chi connectivity index (χ3v) is 6.72. The first kappa shape index (κ1) is 19.8. The van der Waals surface area contributed by atoms with Crippen molar-refractivity contribution in [1.29, 1.82) is 0 Å². The van der Waals surface area contributed by atoms with E-state index in [9.17, 15) is 9.59 Å². The smallest absolute Gasteiger partial charge is 0.289 e. The van der Waals surface area contributed by atoms with Crippen molar-refractivity contribution >= 4 is 33.7 Å². The predicted molar refractivity (Wildman–Crippen MR) is 127 cm³/mol. The normalized spacial score (nSPS) is 15.0. The van der Waals surface area contributed by atoms with Gasteiger partial charge in [-0.3, -0.25) is 19.5 Å². The summed E-state index contributed by atoms with van der Waals surface area (Å²) >= 11 is 1.06. The zero-order chi connectivity index (χ0) is 22.4. The van der Waals surface area contributed by atoms with E-state index < -0.39 is 0 Å². The number of imide groups is 1. The van der Waals surface area contributed by atoms with E-state index in [0.29, 0.717) is 6.54 Å². The first-order valence-electron chi connectivity index (χ1n) is 10.5. The lowest BCUT2D eigenvalue weighted by molar-refractivity contribution is -0.125. The highest BCUT2D eigenvalue weighted by molar-refractivity contribution is 8.14. The van der Waals surface area contributed by atoms with Gasteiger partial charge in [-0.05, 0) is 57.8 Å². The van der Waals surface area contributed by atoms with Gasteiger partial charge in [0.1, 0.15) is 0 Å². The molecular weight excluding hydrogens is 436 g/mol. The Morgan fingerprint density at radius 3 is 2.61 bits per heavy atom. The number of ether oxygens (including phenoxy) is 2. The molecule has 3 heterocycles. The quantitative estimate of drug-likeness (QED) is 0.406. The molecule has 2 aliphatic heterocycles. The summed E-state index contributed by atoms with van der Waals surface area (Å²) in [5.41, 5.74) is 4.92. The van der Waals surface area contributed by atoms with Crippen molar-refractivity contribution in [3.8, 4) is 33.8 Å². The van der Waals surface area contributed by atoms with Gasteiger partial charge in [0.2, 0.25) is 12.7 Å². The summed E-state index contributed by atoms with van der Waals surface area (Å²) in [6.07, 6.45) is 3.56. The number of hydrogen-bond donors (Lipinski definition) is 0. The Hall–Kier alpha value is -3.84. The predicted octanol–water partition coefficient (Wildman–Crippen LogP) is 5.49. The van der Waals surface area contributed by atoms with E-state index in [2.05, 4.69) is 29.2 Å². The highest BCUT2D eigenvalue weighted by Crippen LogP contribution is 2.44. The van der Waals surface area contributed by atoms with Crippen molar-refractivity contribution < 1.29 is 19.1 Å². The summed E-state index contributed by atoms with van der Waals surface area (Å²) in [6, 6.07) is 20.3. The summed E-state index contributed by atoms with van der Waals surface area (Å²) in [5.74, 6) is 1.56. The topological polar surface area (TPSA) is 68.7 Å². The van der Waals surface area contributed by atoms with Crippen LogP contribution >= 0.6 is 11.8 Å². The summed E-state index contributed by atoms with van der Waals surface area (Å²) < 4.78 is 11.4. The molecule has 0 unspecified atom stereocenters. The van der Waals surface area contributed by atoms with Crippen LogP contribution in [0, 0.1) is 0 Å². The molecule has 1 fully saturated rings. The number of fused-ring (bicyclic) bond motifs is 2. The second-order valence-electron chi connectivity index (χ2n) is 7.93. The third-order valence-electron chi connectivity index (χ3n) is 5.86. The number of thioether (sulfide) groups is 1. The van der Waals surface area contributed by atoms with Gasteiger partial charge in [-0.15, -0.1) is 0 Å². The number of pyridine rings is 1. The molecule has 6 rings (SSSR count). The number of amides is 2. The van der Waals surface area contributed by atoms with Crippen LogP contribution in [-0.2, 0) is 11.3 Å². The van der Waals surface area contributed by atoms with E-state index in [-0.39, 0.29) is 23.7 Å². The van der Waals surface area contributed by atoms with E-state index >= 15 is 0 Å². The molecule has 1 aromatic heterocycles. The average molecular weight is 455 g/mol. The van der Waals surface area contributed by atoms with Crippen LogP contribution in [0.5, 0.6) is 11.5 Å². The molecule has 33 heavy (non-hydrogen) atoms. The zero-order valence-electron chi connectivity index (χ0n) is 17.5. The molecule has 0 radical (unpaired) electrons. The van der Waals surface area contributed by atoms with E-state index in [1.54, 1.807) is 6.20 Å². The number of carbonyl (C=O) groups is 2. The maximum Gasteiger partial charge on any atom is 0.289 e. The molecule has 6 nitrogen and oxygen atoms in total. The maximum atomic E-state index is 11.9. The number of rotatable bonds is 4. The van der Waals surface area contributed by atoms with Crippen molar-refractivity contribution in [2.75, 3.05) is 12.5 Å². The third kappa shape index (κ3) is 3.60. The lowest BCUT2D eigenvalue weighted by Crippen LogP contribution is -2.27. The first-order chi connectivity index (χ1) is 16.2. The van der Waals surface area contributed by atoms with Crippen LogP contribution in [0.4, 0.5) is 4.79 Å². The molecule has 0 atom stereocenters. The van der Waals surface area contributed by atoms with Crippen molar-refractivity contribution in [1.82, 2.24) is 9.88 Å². The first-order valence-corrected chi connectivity index (χ1v) is 11.5. The van der Waals surface area contributed by atoms with Gasteiger partial charge < -0.3 is 9.47 Å². The van der Waals surface area contributed by atoms with Gasteiger partial charge in [-0.25, -0.2) is 0 Å². The van der Waals surface area contributed by atoms with Gasteiger partial charge in [0.25, 0.3) is 5.24 Å². The minimum atomic E-state index is -0.178. The molecule has 0 N–H and O–H groups in total. The molecule has 0 bridgehead atoms. The van der Waals surface area contributed by atoms with E-state index in [4.69, 9.17) is 9.47 Å². The fraction of sp³-hybridized carbons (Fsp3) is 0.115. The Kier molecular flexibility index (Phi) is 4.77. The average Bonchev–Trinajstić information content (AvgIpc) is 3.45. The molecule has 0 aliphatic carbocycles.